The summed E-state index contributed by atoms with van der Waals surface area (Å²) in [7, 11) is -3.95. The summed E-state index contributed by atoms with van der Waals surface area (Å²) in [5.74, 6) is -0.401. The molecule has 3 rings (SSSR count). The molecule has 0 saturated heterocycles. The van der Waals surface area contributed by atoms with Crippen LogP contribution in [0.5, 0.6) is 0 Å². The third-order valence-electron chi connectivity index (χ3n) is 3.92. The summed E-state index contributed by atoms with van der Waals surface area (Å²) in [6.45, 7) is 3.54. The number of aryl methyl sites for hydroxylation is 2. The first kappa shape index (κ1) is 18.6. The van der Waals surface area contributed by atoms with Gasteiger partial charge in [0, 0.05) is 11.6 Å². The van der Waals surface area contributed by atoms with E-state index in [4.69, 9.17) is 0 Å². The molecular weight excluding hydrogens is 362 g/mol. The van der Waals surface area contributed by atoms with E-state index < -0.39 is 15.9 Å². The average Bonchev–Trinajstić information content (AvgIpc) is 2.62. The van der Waals surface area contributed by atoms with Crippen LogP contribution < -0.4 is 10.3 Å². The predicted molar refractivity (Wildman–Crippen MR) is 104 cm³/mol. The van der Waals surface area contributed by atoms with Gasteiger partial charge in [0.1, 0.15) is 15.7 Å². The van der Waals surface area contributed by atoms with Gasteiger partial charge in [-0.3, -0.25) is 4.79 Å². The first-order chi connectivity index (χ1) is 12.8. The number of carbonyl (C=O) groups excluding carboxylic acids is 1. The zero-order valence-electron chi connectivity index (χ0n) is 14.9. The highest BCUT2D eigenvalue weighted by Crippen LogP contribution is 2.30. The highest BCUT2D eigenvalue weighted by molar-refractivity contribution is 7.94. The molecular formula is C20H19N3O3S. The van der Waals surface area contributed by atoms with E-state index in [1.165, 1.54) is 6.07 Å². The molecule has 7 heteroatoms. The van der Waals surface area contributed by atoms with E-state index in [1.54, 1.807) is 61.8 Å². The Morgan fingerprint density at radius 1 is 1.04 bits per heavy atom. The van der Waals surface area contributed by atoms with Gasteiger partial charge in [-0.1, -0.05) is 35.9 Å². The third-order valence-corrected chi connectivity index (χ3v) is 5.37. The lowest BCUT2D eigenvalue weighted by atomic mass is 10.1. The Bertz CT molecular complexity index is 1080. The summed E-state index contributed by atoms with van der Waals surface area (Å²) in [6, 6.07) is 15.0. The molecule has 3 aromatic rings. The number of benzene rings is 2. The molecule has 0 aliphatic heterocycles. The molecule has 0 atom stereocenters. The Hall–Kier alpha value is -3.19. The molecule has 138 valence electrons. The summed E-state index contributed by atoms with van der Waals surface area (Å²) < 4.78 is 29.4. The van der Waals surface area contributed by atoms with E-state index in [0.717, 1.165) is 5.56 Å². The van der Waals surface area contributed by atoms with Crippen molar-refractivity contribution in [2.24, 2.45) is 0 Å². The largest absolute Gasteiger partial charge is 0.573 e. The van der Waals surface area contributed by atoms with Gasteiger partial charge in [-0.15, -0.1) is 5.69 Å². The van der Waals surface area contributed by atoms with Gasteiger partial charge >= 0.3 is 0 Å². The molecule has 1 amide bonds. The van der Waals surface area contributed by atoms with Gasteiger partial charge in [-0.2, -0.15) is 0 Å². The lowest BCUT2D eigenvalue weighted by molar-refractivity contribution is -0.377. The number of hydrogen-bond donors (Lipinski definition) is 1. The Morgan fingerprint density at radius 2 is 1.85 bits per heavy atom. The molecule has 2 N–H and O–H groups in total. The van der Waals surface area contributed by atoms with Crippen molar-refractivity contribution in [1.29, 1.82) is 0 Å². The lowest BCUT2D eigenvalue weighted by Crippen LogP contribution is -2.14. The number of hydrogen-bond acceptors (Lipinski definition) is 3. The van der Waals surface area contributed by atoms with Crippen molar-refractivity contribution < 1.29 is 18.2 Å². The summed E-state index contributed by atoms with van der Waals surface area (Å²) in [4.78, 5) is 15.3. The predicted octanol–water partition coefficient (Wildman–Crippen LogP) is 3.76. The molecule has 1 heterocycles. The molecule has 0 aliphatic carbocycles. The molecule has 0 fully saturated rings. The Labute approximate surface area is 158 Å². The maximum absolute atomic E-state index is 12.8. The van der Waals surface area contributed by atoms with Crippen molar-refractivity contribution in [1.82, 2.24) is 0 Å². The maximum atomic E-state index is 12.8. The van der Waals surface area contributed by atoms with Crippen molar-refractivity contribution in [3.8, 4) is 0 Å². The van der Waals surface area contributed by atoms with E-state index in [2.05, 4.69) is 15.0 Å². The minimum Gasteiger partial charge on any atom is -0.573 e. The van der Waals surface area contributed by atoms with Crippen molar-refractivity contribution >= 4 is 27.3 Å². The number of nitrogens with one attached hydrogen (secondary N) is 2. The number of aromatic amines is 1. The number of aromatic nitrogens is 1. The van der Waals surface area contributed by atoms with Gasteiger partial charge < -0.3 is 10.0 Å². The van der Waals surface area contributed by atoms with Gasteiger partial charge in [0.05, 0.1) is 4.90 Å². The maximum Gasteiger partial charge on any atom is 0.255 e. The van der Waals surface area contributed by atoms with E-state index >= 15 is 0 Å². The molecule has 2 aromatic carbocycles. The number of H-pyrrole nitrogens is 1. The second-order valence-corrected chi connectivity index (χ2v) is 7.70. The van der Waals surface area contributed by atoms with Crippen molar-refractivity contribution in [2.45, 2.75) is 18.7 Å². The van der Waals surface area contributed by atoms with Crippen LogP contribution in [0.1, 0.15) is 21.5 Å². The normalized spacial score (nSPS) is 11.0. The zero-order valence-corrected chi connectivity index (χ0v) is 15.7. The summed E-state index contributed by atoms with van der Waals surface area (Å²) in [5, 5.41) is 2.72. The fourth-order valence-electron chi connectivity index (χ4n) is 2.57. The second-order valence-electron chi connectivity index (χ2n) is 6.13. The fourth-order valence-corrected chi connectivity index (χ4v) is 3.81. The highest BCUT2D eigenvalue weighted by atomic mass is 32.2. The number of amides is 1. The average molecular weight is 381 g/mol. The number of sulfonamides is 1. The van der Waals surface area contributed by atoms with Gasteiger partial charge in [0.25, 0.3) is 5.91 Å². The smallest absolute Gasteiger partial charge is 0.255 e. The quantitative estimate of drug-likeness (QED) is 0.729. The minimum atomic E-state index is -3.95. The highest BCUT2D eigenvalue weighted by Gasteiger charge is 2.14. The molecule has 27 heavy (non-hydrogen) atoms. The van der Waals surface area contributed by atoms with Crippen LogP contribution in [0.3, 0.4) is 0 Å². The molecule has 0 saturated carbocycles. The van der Waals surface area contributed by atoms with Crippen LogP contribution in [-0.4, -0.2) is 14.3 Å². The van der Waals surface area contributed by atoms with Crippen molar-refractivity contribution in [3.05, 3.63) is 88.4 Å². The SMILES string of the molecule is Cc1cccc([N-]S(=O)(=O)c2cc(C(=O)Nc3ccc[nH+]c3)ccc2C)c1. The standard InChI is InChI=1S/C20H18N3O3S/c1-14-5-3-6-17(11-14)23-27(25,26)19-12-16(9-8-15(19)2)20(24)22-18-7-4-10-21-13-18/h3-13H,1-2H3,(H,22,24)/q-1/p+1. The Morgan fingerprint density at radius 3 is 2.56 bits per heavy atom. The van der Waals surface area contributed by atoms with Crippen LogP contribution in [0.15, 0.2) is 71.9 Å². The first-order valence-corrected chi connectivity index (χ1v) is 9.72. The van der Waals surface area contributed by atoms with Crippen LogP contribution in [0.25, 0.3) is 4.72 Å². The number of carbonyl (C=O) groups is 1. The minimum absolute atomic E-state index is 0.0104. The molecule has 0 spiro atoms. The van der Waals surface area contributed by atoms with E-state index in [0.29, 0.717) is 16.9 Å². The van der Waals surface area contributed by atoms with E-state index in [1.807, 2.05) is 13.0 Å². The number of anilines is 1. The zero-order chi connectivity index (χ0) is 19.4. The monoisotopic (exact) mass is 381 g/mol. The number of rotatable bonds is 5. The van der Waals surface area contributed by atoms with Crippen LogP contribution >= 0.6 is 0 Å². The van der Waals surface area contributed by atoms with Crippen LogP contribution in [-0.2, 0) is 10.0 Å². The molecule has 0 unspecified atom stereocenters. The molecule has 6 nitrogen and oxygen atoms in total. The van der Waals surface area contributed by atoms with Crippen LogP contribution in [0.4, 0.5) is 11.4 Å². The Kier molecular flexibility index (Phi) is 5.23. The van der Waals surface area contributed by atoms with Crippen molar-refractivity contribution in [3.63, 3.8) is 0 Å². The summed E-state index contributed by atoms with van der Waals surface area (Å²) >= 11 is 0. The van der Waals surface area contributed by atoms with Gasteiger partial charge in [0.2, 0.25) is 0 Å². The molecule has 0 bridgehead atoms. The van der Waals surface area contributed by atoms with Gasteiger partial charge in [-0.25, -0.2) is 13.4 Å². The lowest BCUT2D eigenvalue weighted by Gasteiger charge is -2.23. The number of pyridine rings is 1. The van der Waals surface area contributed by atoms with Crippen LogP contribution in [0.2, 0.25) is 0 Å². The second kappa shape index (κ2) is 7.59. The summed E-state index contributed by atoms with van der Waals surface area (Å²) in [5.41, 5.74) is 2.61. The molecule has 1 aromatic heterocycles. The van der Waals surface area contributed by atoms with Crippen LogP contribution in [0, 0.1) is 13.8 Å². The molecule has 0 aliphatic rings. The summed E-state index contributed by atoms with van der Waals surface area (Å²) in [6.07, 6.45) is 3.36. The molecule has 0 radical (unpaired) electrons. The van der Waals surface area contributed by atoms with Gasteiger partial charge in [-0.05, 0) is 37.6 Å². The van der Waals surface area contributed by atoms with E-state index in [-0.39, 0.29) is 10.5 Å². The fraction of sp³-hybridized carbons (Fsp3) is 0.100. The topological polar surface area (TPSA) is 91.5 Å². The van der Waals surface area contributed by atoms with E-state index in [9.17, 15) is 13.2 Å². The Balaban J connectivity index is 1.89. The van der Waals surface area contributed by atoms with Crippen molar-refractivity contribution in [2.75, 3.05) is 5.32 Å². The van der Waals surface area contributed by atoms with Gasteiger partial charge in [0.15, 0.2) is 12.4 Å². The first-order valence-electron chi connectivity index (χ1n) is 8.28. The third kappa shape index (κ3) is 4.51. The number of nitrogens with zero attached hydrogens (tertiary/aromatic N) is 1.